The van der Waals surface area contributed by atoms with Crippen molar-refractivity contribution in [2.24, 2.45) is 0 Å². The van der Waals surface area contributed by atoms with Crippen LogP contribution < -0.4 is 23.8 Å². The van der Waals surface area contributed by atoms with Crippen LogP contribution in [0.2, 0.25) is 0 Å². The minimum absolute atomic E-state index is 0.0218. The standard InChI is InChI=1S/C33H40FN3O7S/c1-5-44-28-16-14-27(15-17-28)37(45(40,41)29-18-19-30(42-3)31(20-29)43-4)22-32(38)36(21-24-10-12-25(34)13-11-24)23(2)33(39)35-26-8-6-7-9-26/h10-20,23,26H,5-9,21-22H2,1-4H3,(H,35,39). The van der Waals surface area contributed by atoms with Crippen molar-refractivity contribution in [3.63, 3.8) is 0 Å². The zero-order chi connectivity index (χ0) is 32.6. The number of nitrogens with one attached hydrogen (secondary N) is 1. The molecule has 0 bridgehead atoms. The van der Waals surface area contributed by atoms with Crippen LogP contribution in [0.1, 0.15) is 45.1 Å². The summed E-state index contributed by atoms with van der Waals surface area (Å²) in [5, 5.41) is 3.03. The Morgan fingerprint density at radius 3 is 2.20 bits per heavy atom. The van der Waals surface area contributed by atoms with Crippen LogP contribution in [0.5, 0.6) is 17.2 Å². The Hall–Kier alpha value is -4.32. The number of ether oxygens (including phenoxy) is 3. The maximum atomic E-state index is 14.2. The molecule has 2 amide bonds. The Bertz CT molecular complexity index is 1560. The number of sulfonamides is 1. The highest BCUT2D eigenvalue weighted by Gasteiger charge is 2.34. The summed E-state index contributed by atoms with van der Waals surface area (Å²) < 4.78 is 59.2. The Balaban J connectivity index is 1.72. The van der Waals surface area contributed by atoms with Gasteiger partial charge in [-0.3, -0.25) is 13.9 Å². The first kappa shape index (κ1) is 33.6. The molecule has 0 spiro atoms. The largest absolute Gasteiger partial charge is 0.494 e. The van der Waals surface area contributed by atoms with Crippen LogP contribution in [0.3, 0.4) is 0 Å². The molecule has 0 aliphatic heterocycles. The molecule has 1 fully saturated rings. The third kappa shape index (κ3) is 8.24. The molecule has 12 heteroatoms. The van der Waals surface area contributed by atoms with Crippen molar-refractivity contribution in [3.8, 4) is 17.2 Å². The fourth-order valence-corrected chi connectivity index (χ4v) is 6.70. The minimum atomic E-state index is -4.35. The smallest absolute Gasteiger partial charge is 0.264 e. The highest BCUT2D eigenvalue weighted by molar-refractivity contribution is 7.92. The highest BCUT2D eigenvalue weighted by atomic mass is 32.2. The number of nitrogens with zero attached hydrogens (tertiary/aromatic N) is 2. The predicted molar refractivity (Wildman–Crippen MR) is 168 cm³/mol. The lowest BCUT2D eigenvalue weighted by atomic mass is 10.1. The summed E-state index contributed by atoms with van der Waals surface area (Å²) in [6.07, 6.45) is 3.75. The van der Waals surface area contributed by atoms with Crippen molar-refractivity contribution in [2.75, 3.05) is 31.7 Å². The van der Waals surface area contributed by atoms with E-state index in [0.717, 1.165) is 30.0 Å². The van der Waals surface area contributed by atoms with Crippen LogP contribution in [-0.4, -0.2) is 64.6 Å². The Morgan fingerprint density at radius 1 is 0.956 bits per heavy atom. The van der Waals surface area contributed by atoms with Gasteiger partial charge in [-0.25, -0.2) is 12.8 Å². The van der Waals surface area contributed by atoms with E-state index in [2.05, 4.69) is 5.32 Å². The monoisotopic (exact) mass is 641 g/mol. The number of carbonyl (C=O) groups excluding carboxylic acids is 2. The van der Waals surface area contributed by atoms with E-state index < -0.39 is 34.3 Å². The zero-order valence-corrected chi connectivity index (χ0v) is 26.8. The molecule has 1 saturated carbocycles. The van der Waals surface area contributed by atoms with Gasteiger partial charge in [-0.05, 0) is 80.8 Å². The van der Waals surface area contributed by atoms with Crippen molar-refractivity contribution in [1.82, 2.24) is 10.2 Å². The molecule has 10 nitrogen and oxygen atoms in total. The molecule has 1 unspecified atom stereocenters. The predicted octanol–water partition coefficient (Wildman–Crippen LogP) is 4.91. The number of hydrogen-bond donors (Lipinski definition) is 1. The van der Waals surface area contributed by atoms with Gasteiger partial charge >= 0.3 is 0 Å². The normalized spacial score (nSPS) is 14.0. The van der Waals surface area contributed by atoms with Crippen LogP contribution in [0.25, 0.3) is 0 Å². The first-order chi connectivity index (χ1) is 21.6. The van der Waals surface area contributed by atoms with Gasteiger partial charge in [-0.2, -0.15) is 0 Å². The molecule has 3 aromatic rings. The lowest BCUT2D eigenvalue weighted by Gasteiger charge is -2.32. The third-order valence-electron chi connectivity index (χ3n) is 7.79. The van der Waals surface area contributed by atoms with Gasteiger partial charge in [0.15, 0.2) is 11.5 Å². The van der Waals surface area contributed by atoms with E-state index >= 15 is 0 Å². The number of halogens is 1. The van der Waals surface area contributed by atoms with Gasteiger partial charge in [0, 0.05) is 18.7 Å². The van der Waals surface area contributed by atoms with Crippen molar-refractivity contribution in [3.05, 3.63) is 78.1 Å². The highest BCUT2D eigenvalue weighted by Crippen LogP contribution is 2.33. The van der Waals surface area contributed by atoms with Gasteiger partial charge in [-0.1, -0.05) is 25.0 Å². The number of hydrogen-bond acceptors (Lipinski definition) is 7. The summed E-state index contributed by atoms with van der Waals surface area (Å²) in [6, 6.07) is 15.2. The second-order valence-corrected chi connectivity index (χ2v) is 12.6. The third-order valence-corrected chi connectivity index (χ3v) is 9.56. The van der Waals surface area contributed by atoms with Crippen LogP contribution >= 0.6 is 0 Å². The van der Waals surface area contributed by atoms with E-state index in [1.807, 2.05) is 6.92 Å². The molecule has 0 aromatic heterocycles. The maximum Gasteiger partial charge on any atom is 0.264 e. The molecule has 242 valence electrons. The summed E-state index contributed by atoms with van der Waals surface area (Å²) in [4.78, 5) is 28.7. The molecule has 1 aliphatic carbocycles. The van der Waals surface area contributed by atoms with Crippen molar-refractivity contribution in [1.29, 1.82) is 0 Å². The average molecular weight is 642 g/mol. The van der Waals surface area contributed by atoms with Gasteiger partial charge < -0.3 is 24.4 Å². The Labute approximate surface area is 264 Å². The molecule has 0 saturated heterocycles. The first-order valence-electron chi connectivity index (χ1n) is 14.9. The number of anilines is 1. The topological polar surface area (TPSA) is 114 Å². The fourth-order valence-electron chi connectivity index (χ4n) is 5.27. The fraction of sp³-hybridized carbons (Fsp3) is 0.394. The average Bonchev–Trinajstić information content (AvgIpc) is 3.56. The minimum Gasteiger partial charge on any atom is -0.494 e. The number of rotatable bonds is 14. The number of amides is 2. The van der Waals surface area contributed by atoms with Gasteiger partial charge in [0.25, 0.3) is 10.0 Å². The molecule has 4 rings (SSSR count). The van der Waals surface area contributed by atoms with E-state index in [0.29, 0.717) is 23.7 Å². The van der Waals surface area contributed by atoms with E-state index in [1.165, 1.54) is 61.6 Å². The summed E-state index contributed by atoms with van der Waals surface area (Å²) in [6.45, 7) is 3.21. The van der Waals surface area contributed by atoms with Crippen molar-refractivity contribution < 1.29 is 36.6 Å². The molecular weight excluding hydrogens is 601 g/mol. The SMILES string of the molecule is CCOc1ccc(N(CC(=O)N(Cc2ccc(F)cc2)C(C)C(=O)NC2CCCC2)S(=O)(=O)c2ccc(OC)c(OC)c2)cc1. The van der Waals surface area contributed by atoms with Crippen LogP contribution in [0.15, 0.2) is 71.6 Å². The van der Waals surface area contributed by atoms with Gasteiger partial charge in [0.05, 0.1) is 31.4 Å². The molecule has 1 aliphatic rings. The lowest BCUT2D eigenvalue weighted by molar-refractivity contribution is -0.139. The quantitative estimate of drug-likeness (QED) is 0.266. The molecule has 1 N–H and O–H groups in total. The van der Waals surface area contributed by atoms with Gasteiger partial charge in [0.2, 0.25) is 11.8 Å². The second-order valence-electron chi connectivity index (χ2n) is 10.8. The van der Waals surface area contributed by atoms with E-state index in [-0.39, 0.29) is 34.8 Å². The number of benzene rings is 3. The first-order valence-corrected chi connectivity index (χ1v) is 16.3. The Kier molecular flexibility index (Phi) is 11.3. The van der Waals surface area contributed by atoms with E-state index in [9.17, 15) is 22.4 Å². The number of carbonyl (C=O) groups is 2. The summed E-state index contributed by atoms with van der Waals surface area (Å²) in [5.74, 6) is -0.323. The lowest BCUT2D eigenvalue weighted by Crippen LogP contribution is -2.52. The van der Waals surface area contributed by atoms with Crippen molar-refractivity contribution >= 4 is 27.5 Å². The van der Waals surface area contributed by atoms with E-state index in [4.69, 9.17) is 14.2 Å². The van der Waals surface area contributed by atoms with Gasteiger partial charge in [0.1, 0.15) is 24.2 Å². The molecule has 1 atom stereocenters. The molecule has 0 radical (unpaired) electrons. The zero-order valence-electron chi connectivity index (χ0n) is 26.0. The molecule has 3 aromatic carbocycles. The molecule has 0 heterocycles. The van der Waals surface area contributed by atoms with Gasteiger partial charge in [-0.15, -0.1) is 0 Å². The maximum absolute atomic E-state index is 14.2. The summed E-state index contributed by atoms with van der Waals surface area (Å²) in [7, 11) is -1.51. The summed E-state index contributed by atoms with van der Waals surface area (Å²) in [5.41, 5.74) is 0.798. The second kappa shape index (κ2) is 15.1. The molecule has 45 heavy (non-hydrogen) atoms. The van der Waals surface area contributed by atoms with Crippen LogP contribution in [-0.2, 0) is 26.2 Å². The Morgan fingerprint density at radius 2 is 1.60 bits per heavy atom. The van der Waals surface area contributed by atoms with Crippen molar-refractivity contribution in [2.45, 2.75) is 63.1 Å². The van der Waals surface area contributed by atoms with Crippen LogP contribution in [0, 0.1) is 5.82 Å². The van der Waals surface area contributed by atoms with E-state index in [1.54, 1.807) is 31.2 Å². The summed E-state index contributed by atoms with van der Waals surface area (Å²) >= 11 is 0. The van der Waals surface area contributed by atoms with Crippen LogP contribution in [0.4, 0.5) is 10.1 Å². The number of methoxy groups -OCH3 is 2. The molecular formula is C33H40FN3O7S.